The first-order valence-corrected chi connectivity index (χ1v) is 11.2. The lowest BCUT2D eigenvalue weighted by molar-refractivity contribution is -0.113. The number of hydrogen-bond donors (Lipinski definition) is 2. The van der Waals surface area contributed by atoms with Crippen LogP contribution in [0.25, 0.3) is 0 Å². The van der Waals surface area contributed by atoms with Crippen LogP contribution in [0.2, 0.25) is 0 Å². The molecular weight excluding hydrogens is 426 g/mol. The average Bonchev–Trinajstić information content (AvgIpc) is 3.20. The predicted octanol–water partition coefficient (Wildman–Crippen LogP) is 4.33. The van der Waals surface area contributed by atoms with Gasteiger partial charge in [-0.05, 0) is 42.5 Å². The topological polar surface area (TPSA) is 90.3 Å². The number of para-hydroxylation sites is 2. The summed E-state index contributed by atoms with van der Waals surface area (Å²) in [5.41, 5.74) is 2.76. The van der Waals surface area contributed by atoms with Crippen LogP contribution in [0.15, 0.2) is 65.0 Å². The minimum absolute atomic E-state index is 0.244. The number of aromatic nitrogens is 3. The van der Waals surface area contributed by atoms with Gasteiger partial charge in [-0.2, -0.15) is 4.98 Å². The highest BCUT2D eigenvalue weighted by Gasteiger charge is 2.34. The molecular formula is C23H25N5O3S. The quantitative estimate of drug-likeness (QED) is 0.517. The Morgan fingerprint density at radius 2 is 1.91 bits per heavy atom. The van der Waals surface area contributed by atoms with Crippen LogP contribution >= 0.6 is 11.8 Å². The Labute approximate surface area is 191 Å². The Balaban J connectivity index is 1.77. The third kappa shape index (κ3) is 4.16. The summed E-state index contributed by atoms with van der Waals surface area (Å²) < 4.78 is 12.5. The molecule has 1 aliphatic rings. The Morgan fingerprint density at radius 3 is 2.59 bits per heavy atom. The fourth-order valence-corrected chi connectivity index (χ4v) is 4.20. The molecule has 0 saturated heterocycles. The summed E-state index contributed by atoms with van der Waals surface area (Å²) in [5, 5.41) is 11.6. The molecule has 2 aromatic carbocycles. The molecule has 166 valence electrons. The van der Waals surface area contributed by atoms with E-state index in [9.17, 15) is 4.79 Å². The third-order valence-electron chi connectivity index (χ3n) is 5.14. The summed E-state index contributed by atoms with van der Waals surface area (Å²) in [4.78, 5) is 18.1. The number of rotatable bonds is 7. The molecule has 2 N–H and O–H groups in total. The second-order valence-electron chi connectivity index (χ2n) is 7.09. The molecule has 1 atom stereocenters. The smallest absolute Gasteiger partial charge is 0.255 e. The highest BCUT2D eigenvalue weighted by Crippen LogP contribution is 2.37. The summed E-state index contributed by atoms with van der Waals surface area (Å²) in [6.07, 6.45) is 0. The zero-order chi connectivity index (χ0) is 22.7. The SMILES string of the molecule is CCSc1nc2n(n1)C(c1ccc(OC)cc1)C(C(=O)Nc1ccccc1OC)=C(C)N2. The van der Waals surface area contributed by atoms with Crippen molar-refractivity contribution in [2.45, 2.75) is 25.0 Å². The molecule has 0 spiro atoms. The van der Waals surface area contributed by atoms with Crippen molar-refractivity contribution >= 4 is 29.3 Å². The highest BCUT2D eigenvalue weighted by molar-refractivity contribution is 7.99. The minimum atomic E-state index is -0.453. The summed E-state index contributed by atoms with van der Waals surface area (Å²) in [6, 6.07) is 14.5. The lowest BCUT2D eigenvalue weighted by Crippen LogP contribution is -2.31. The number of anilines is 2. The molecule has 1 amide bonds. The van der Waals surface area contributed by atoms with E-state index in [4.69, 9.17) is 9.47 Å². The minimum Gasteiger partial charge on any atom is -0.497 e. The fraction of sp³-hybridized carbons (Fsp3) is 0.261. The molecule has 1 aliphatic heterocycles. The molecule has 0 radical (unpaired) electrons. The van der Waals surface area contributed by atoms with Gasteiger partial charge in [0.2, 0.25) is 11.1 Å². The van der Waals surface area contributed by atoms with Gasteiger partial charge in [0.25, 0.3) is 5.91 Å². The zero-order valence-corrected chi connectivity index (χ0v) is 19.2. The van der Waals surface area contributed by atoms with Gasteiger partial charge in [0.1, 0.15) is 17.5 Å². The Bertz CT molecular complexity index is 1160. The summed E-state index contributed by atoms with van der Waals surface area (Å²) in [7, 11) is 3.20. The van der Waals surface area contributed by atoms with Crippen LogP contribution in [0.1, 0.15) is 25.5 Å². The normalized spacial score (nSPS) is 15.1. The number of nitrogens with zero attached hydrogens (tertiary/aromatic N) is 3. The lowest BCUT2D eigenvalue weighted by atomic mass is 9.95. The van der Waals surface area contributed by atoms with Crippen molar-refractivity contribution < 1.29 is 14.3 Å². The molecule has 1 aromatic heterocycles. The second kappa shape index (κ2) is 9.35. The molecule has 0 saturated carbocycles. The van der Waals surface area contributed by atoms with Gasteiger partial charge in [-0.3, -0.25) is 4.79 Å². The van der Waals surface area contributed by atoms with E-state index in [0.29, 0.717) is 33.8 Å². The molecule has 9 heteroatoms. The molecule has 0 aliphatic carbocycles. The lowest BCUT2D eigenvalue weighted by Gasteiger charge is -2.29. The van der Waals surface area contributed by atoms with Crippen molar-refractivity contribution in [3.8, 4) is 11.5 Å². The number of allylic oxidation sites excluding steroid dienone is 1. The maximum absolute atomic E-state index is 13.5. The van der Waals surface area contributed by atoms with Crippen molar-refractivity contribution in [1.29, 1.82) is 0 Å². The number of hydrogen-bond acceptors (Lipinski definition) is 7. The van der Waals surface area contributed by atoms with Crippen LogP contribution < -0.4 is 20.1 Å². The van der Waals surface area contributed by atoms with Gasteiger partial charge in [0, 0.05) is 5.70 Å². The van der Waals surface area contributed by atoms with Gasteiger partial charge in [-0.25, -0.2) is 4.68 Å². The number of nitrogens with one attached hydrogen (secondary N) is 2. The Kier molecular flexibility index (Phi) is 6.36. The van der Waals surface area contributed by atoms with E-state index in [1.54, 1.807) is 36.7 Å². The number of ether oxygens (including phenoxy) is 2. The van der Waals surface area contributed by atoms with Crippen LogP contribution in [0.3, 0.4) is 0 Å². The van der Waals surface area contributed by atoms with Crippen molar-refractivity contribution in [3.05, 3.63) is 65.4 Å². The number of thioether (sulfide) groups is 1. The first kappa shape index (κ1) is 21.8. The first-order chi connectivity index (χ1) is 15.5. The van der Waals surface area contributed by atoms with Crippen LogP contribution in [-0.4, -0.2) is 40.6 Å². The van der Waals surface area contributed by atoms with Gasteiger partial charge in [-0.15, -0.1) is 5.10 Å². The van der Waals surface area contributed by atoms with Crippen LogP contribution in [0.5, 0.6) is 11.5 Å². The van der Waals surface area contributed by atoms with Crippen LogP contribution in [-0.2, 0) is 4.79 Å². The van der Waals surface area contributed by atoms with E-state index in [2.05, 4.69) is 27.6 Å². The van der Waals surface area contributed by atoms with Crippen molar-refractivity contribution in [3.63, 3.8) is 0 Å². The fourth-order valence-electron chi connectivity index (χ4n) is 3.65. The standard InChI is InChI=1S/C23H25N5O3S/c1-5-32-23-26-22-24-14(2)19(21(29)25-17-8-6-7-9-18(17)31-4)20(28(22)27-23)15-10-12-16(30-3)13-11-15/h6-13,20H,5H2,1-4H3,(H,25,29)(H,24,26,27). The molecule has 0 bridgehead atoms. The second-order valence-corrected chi connectivity index (χ2v) is 8.32. The van der Waals surface area contributed by atoms with Gasteiger partial charge >= 0.3 is 0 Å². The van der Waals surface area contributed by atoms with Crippen LogP contribution in [0, 0.1) is 0 Å². The van der Waals surface area contributed by atoms with Gasteiger partial charge in [-0.1, -0.05) is 43.0 Å². The third-order valence-corrected chi connectivity index (χ3v) is 5.86. The summed E-state index contributed by atoms with van der Waals surface area (Å²) in [6.45, 7) is 3.92. The molecule has 4 rings (SSSR count). The summed E-state index contributed by atoms with van der Waals surface area (Å²) in [5.74, 6) is 2.54. The monoisotopic (exact) mass is 451 g/mol. The highest BCUT2D eigenvalue weighted by atomic mass is 32.2. The Morgan fingerprint density at radius 1 is 1.16 bits per heavy atom. The van der Waals surface area contributed by atoms with Crippen molar-refractivity contribution in [2.75, 3.05) is 30.6 Å². The Hall–Kier alpha value is -3.46. The maximum Gasteiger partial charge on any atom is 0.255 e. The number of benzene rings is 2. The van der Waals surface area contributed by atoms with E-state index < -0.39 is 6.04 Å². The average molecular weight is 452 g/mol. The van der Waals surface area contributed by atoms with Gasteiger partial charge in [0.15, 0.2) is 0 Å². The molecule has 32 heavy (non-hydrogen) atoms. The maximum atomic E-state index is 13.5. The molecule has 2 heterocycles. The number of amides is 1. The molecule has 0 fully saturated rings. The molecule has 8 nitrogen and oxygen atoms in total. The number of fused-ring (bicyclic) bond motifs is 1. The van der Waals surface area contributed by atoms with Crippen molar-refractivity contribution in [2.24, 2.45) is 0 Å². The molecule has 3 aromatic rings. The largest absolute Gasteiger partial charge is 0.497 e. The van der Waals surface area contributed by atoms with E-state index in [-0.39, 0.29) is 5.91 Å². The molecule has 1 unspecified atom stereocenters. The van der Waals surface area contributed by atoms with Crippen molar-refractivity contribution in [1.82, 2.24) is 14.8 Å². The van der Waals surface area contributed by atoms with Gasteiger partial charge < -0.3 is 20.1 Å². The van der Waals surface area contributed by atoms with E-state index in [0.717, 1.165) is 17.1 Å². The van der Waals surface area contributed by atoms with Crippen LogP contribution in [0.4, 0.5) is 11.6 Å². The van der Waals surface area contributed by atoms with E-state index in [1.807, 2.05) is 49.4 Å². The predicted molar refractivity (Wildman–Crippen MR) is 125 cm³/mol. The van der Waals surface area contributed by atoms with E-state index in [1.165, 1.54) is 0 Å². The first-order valence-electron chi connectivity index (χ1n) is 10.2. The number of carbonyl (C=O) groups is 1. The van der Waals surface area contributed by atoms with E-state index >= 15 is 0 Å². The zero-order valence-electron chi connectivity index (χ0n) is 18.4. The summed E-state index contributed by atoms with van der Waals surface area (Å²) >= 11 is 1.55. The number of carbonyl (C=O) groups excluding carboxylic acids is 1. The van der Waals surface area contributed by atoms with Gasteiger partial charge in [0.05, 0.1) is 25.5 Å². The number of methoxy groups -OCH3 is 2.